The summed E-state index contributed by atoms with van der Waals surface area (Å²) in [5, 5.41) is 5.69. The number of amides is 2. The van der Waals surface area contributed by atoms with Crippen molar-refractivity contribution in [2.45, 2.75) is 6.92 Å². The molecular weight excluding hydrogens is 368 g/mol. The highest BCUT2D eigenvalue weighted by atomic mass is 79.9. The summed E-state index contributed by atoms with van der Waals surface area (Å²) < 4.78 is 0.938. The number of benzene rings is 2. The van der Waals surface area contributed by atoms with Crippen molar-refractivity contribution < 1.29 is 9.59 Å². The summed E-state index contributed by atoms with van der Waals surface area (Å²) in [7, 11) is 0. The van der Waals surface area contributed by atoms with Crippen LogP contribution >= 0.6 is 15.9 Å². The van der Waals surface area contributed by atoms with Crippen LogP contribution in [-0.4, -0.2) is 11.8 Å². The van der Waals surface area contributed by atoms with Crippen LogP contribution in [0.1, 0.15) is 16.7 Å². The number of hydrogen-bond donors (Lipinski definition) is 2. The highest BCUT2D eigenvalue weighted by Crippen LogP contribution is 2.37. The van der Waals surface area contributed by atoms with Gasteiger partial charge in [0.25, 0.3) is 11.8 Å². The summed E-state index contributed by atoms with van der Waals surface area (Å²) >= 11 is 3.39. The van der Waals surface area contributed by atoms with Crippen molar-refractivity contribution in [1.29, 1.82) is 0 Å². The van der Waals surface area contributed by atoms with E-state index < -0.39 is 0 Å². The molecule has 2 aromatic carbocycles. The largest absolute Gasteiger partial charge is 0.321 e. The van der Waals surface area contributed by atoms with Gasteiger partial charge in [-0.25, -0.2) is 0 Å². The SMILES string of the molecule is Cc1ccc(C2=C3C(=O)NC(c4ccc(Br)cc4)=C3C(=O)N2)cc1. The Morgan fingerprint density at radius 3 is 1.58 bits per heavy atom. The molecule has 0 aliphatic carbocycles. The Hall–Kier alpha value is -2.66. The van der Waals surface area contributed by atoms with Gasteiger partial charge in [-0.1, -0.05) is 57.9 Å². The maximum absolute atomic E-state index is 12.5. The summed E-state index contributed by atoms with van der Waals surface area (Å²) in [5.74, 6) is -0.506. The predicted octanol–water partition coefficient (Wildman–Crippen LogP) is 3.14. The normalized spacial score (nSPS) is 16.4. The summed E-state index contributed by atoms with van der Waals surface area (Å²) in [6.45, 7) is 1.99. The fourth-order valence-electron chi connectivity index (χ4n) is 2.95. The molecule has 2 amide bonds. The molecule has 4 nitrogen and oxygen atoms in total. The van der Waals surface area contributed by atoms with Crippen LogP contribution in [0, 0.1) is 6.92 Å². The summed E-state index contributed by atoms with van der Waals surface area (Å²) in [5.41, 5.74) is 4.71. The second-order valence-electron chi connectivity index (χ2n) is 5.78. The van der Waals surface area contributed by atoms with Crippen LogP contribution in [0.5, 0.6) is 0 Å². The first-order chi connectivity index (χ1) is 11.5. The van der Waals surface area contributed by atoms with Crippen LogP contribution in [0.15, 0.2) is 64.1 Å². The van der Waals surface area contributed by atoms with E-state index in [1.54, 1.807) is 0 Å². The standard InChI is InChI=1S/C19H13BrN2O2/c1-10-2-4-11(5-3-10)16-14-15(19(24)21-16)17(22-18(14)23)12-6-8-13(20)9-7-12/h2-9H,1H3,(H,21,24)(H,22,23). The first-order valence-corrected chi connectivity index (χ1v) is 8.28. The molecule has 24 heavy (non-hydrogen) atoms. The molecule has 0 unspecified atom stereocenters. The molecule has 118 valence electrons. The van der Waals surface area contributed by atoms with Crippen molar-refractivity contribution in [2.24, 2.45) is 0 Å². The van der Waals surface area contributed by atoms with Crippen LogP contribution in [0.2, 0.25) is 0 Å². The van der Waals surface area contributed by atoms with Gasteiger partial charge in [-0.2, -0.15) is 0 Å². The van der Waals surface area contributed by atoms with E-state index in [-0.39, 0.29) is 11.8 Å². The molecule has 0 radical (unpaired) electrons. The Bertz CT molecular complexity index is 859. The molecular formula is C19H13BrN2O2. The Morgan fingerprint density at radius 2 is 1.12 bits per heavy atom. The second-order valence-corrected chi connectivity index (χ2v) is 6.70. The first kappa shape index (κ1) is 14.9. The van der Waals surface area contributed by atoms with Gasteiger partial charge in [-0.05, 0) is 30.2 Å². The second kappa shape index (κ2) is 5.46. The molecule has 0 saturated heterocycles. The lowest BCUT2D eigenvalue weighted by atomic mass is 10.0. The minimum atomic E-state index is -0.253. The Labute approximate surface area is 147 Å². The summed E-state index contributed by atoms with van der Waals surface area (Å²) in [6.07, 6.45) is 0. The van der Waals surface area contributed by atoms with Gasteiger partial charge in [0.1, 0.15) is 0 Å². The smallest absolute Gasteiger partial charge is 0.258 e. The molecule has 2 aliphatic heterocycles. The van der Waals surface area contributed by atoms with Crippen LogP contribution in [0.3, 0.4) is 0 Å². The molecule has 0 aromatic heterocycles. The lowest BCUT2D eigenvalue weighted by Gasteiger charge is -2.07. The zero-order valence-electron chi connectivity index (χ0n) is 12.8. The van der Waals surface area contributed by atoms with E-state index in [0.717, 1.165) is 21.2 Å². The van der Waals surface area contributed by atoms with Crippen molar-refractivity contribution in [2.75, 3.05) is 0 Å². The van der Waals surface area contributed by atoms with Gasteiger partial charge in [0, 0.05) is 4.47 Å². The lowest BCUT2D eigenvalue weighted by molar-refractivity contribution is -0.117. The fourth-order valence-corrected chi connectivity index (χ4v) is 3.22. The monoisotopic (exact) mass is 380 g/mol. The molecule has 4 rings (SSSR count). The van der Waals surface area contributed by atoms with E-state index in [1.807, 2.05) is 55.5 Å². The molecule has 2 N–H and O–H groups in total. The van der Waals surface area contributed by atoms with E-state index in [0.29, 0.717) is 22.5 Å². The predicted molar refractivity (Wildman–Crippen MR) is 95.4 cm³/mol. The molecule has 0 spiro atoms. The lowest BCUT2D eigenvalue weighted by Crippen LogP contribution is -2.21. The first-order valence-electron chi connectivity index (χ1n) is 7.49. The molecule has 0 atom stereocenters. The number of rotatable bonds is 2. The van der Waals surface area contributed by atoms with E-state index >= 15 is 0 Å². The minimum Gasteiger partial charge on any atom is -0.321 e. The van der Waals surface area contributed by atoms with Gasteiger partial charge in [-0.15, -0.1) is 0 Å². The molecule has 0 saturated carbocycles. The topological polar surface area (TPSA) is 58.2 Å². The van der Waals surface area contributed by atoms with Gasteiger partial charge < -0.3 is 10.6 Å². The molecule has 5 heteroatoms. The van der Waals surface area contributed by atoms with E-state index in [1.165, 1.54) is 0 Å². The molecule has 2 aliphatic rings. The van der Waals surface area contributed by atoms with Crippen molar-refractivity contribution in [3.8, 4) is 0 Å². The van der Waals surface area contributed by atoms with Crippen LogP contribution in [0.4, 0.5) is 0 Å². The Morgan fingerprint density at radius 1 is 0.708 bits per heavy atom. The van der Waals surface area contributed by atoms with Gasteiger partial charge in [0.15, 0.2) is 0 Å². The highest BCUT2D eigenvalue weighted by Gasteiger charge is 2.40. The van der Waals surface area contributed by atoms with Gasteiger partial charge in [-0.3, -0.25) is 9.59 Å². The van der Waals surface area contributed by atoms with Gasteiger partial charge in [0.2, 0.25) is 0 Å². The van der Waals surface area contributed by atoms with Gasteiger partial charge >= 0.3 is 0 Å². The maximum Gasteiger partial charge on any atom is 0.258 e. The average molecular weight is 381 g/mol. The van der Waals surface area contributed by atoms with E-state index in [9.17, 15) is 9.59 Å². The van der Waals surface area contributed by atoms with Crippen molar-refractivity contribution >= 4 is 39.1 Å². The van der Waals surface area contributed by atoms with Crippen molar-refractivity contribution in [1.82, 2.24) is 10.6 Å². The summed E-state index contributed by atoms with van der Waals surface area (Å²) in [6, 6.07) is 15.2. The number of nitrogens with one attached hydrogen (secondary N) is 2. The van der Waals surface area contributed by atoms with E-state index in [2.05, 4.69) is 26.6 Å². The third-order valence-electron chi connectivity index (χ3n) is 4.15. The number of carbonyl (C=O) groups excluding carboxylic acids is 2. The third kappa shape index (κ3) is 2.29. The number of aryl methyl sites for hydroxylation is 1. The van der Waals surface area contributed by atoms with Crippen LogP contribution < -0.4 is 10.6 Å². The number of fused-ring (bicyclic) bond motifs is 1. The van der Waals surface area contributed by atoms with Crippen LogP contribution in [0.25, 0.3) is 11.4 Å². The average Bonchev–Trinajstić information content (AvgIpc) is 3.08. The van der Waals surface area contributed by atoms with E-state index in [4.69, 9.17) is 0 Å². The maximum atomic E-state index is 12.5. The Kier molecular flexibility index (Phi) is 3.39. The Balaban J connectivity index is 1.88. The van der Waals surface area contributed by atoms with Crippen molar-refractivity contribution in [3.63, 3.8) is 0 Å². The minimum absolute atomic E-state index is 0.253. The molecule has 0 fully saturated rings. The summed E-state index contributed by atoms with van der Waals surface area (Å²) in [4.78, 5) is 25.0. The zero-order chi connectivity index (χ0) is 16.8. The number of carbonyl (C=O) groups is 2. The number of hydrogen-bond acceptors (Lipinski definition) is 2. The van der Waals surface area contributed by atoms with Crippen LogP contribution in [-0.2, 0) is 9.59 Å². The quantitative estimate of drug-likeness (QED) is 0.840. The molecule has 0 bridgehead atoms. The molecule has 2 heterocycles. The fraction of sp³-hybridized carbons (Fsp3) is 0.0526. The zero-order valence-corrected chi connectivity index (χ0v) is 14.4. The number of halogens is 1. The van der Waals surface area contributed by atoms with Gasteiger partial charge in [0.05, 0.1) is 22.5 Å². The molecule has 2 aromatic rings. The highest BCUT2D eigenvalue weighted by molar-refractivity contribution is 9.10. The third-order valence-corrected chi connectivity index (χ3v) is 4.68. The van der Waals surface area contributed by atoms with Crippen molar-refractivity contribution in [3.05, 3.63) is 80.8 Å².